The highest BCUT2D eigenvalue weighted by Gasteiger charge is 2.65. The van der Waals surface area contributed by atoms with Crippen LogP contribution in [0, 0.1) is 5.41 Å². The maximum absolute atomic E-state index is 13.0. The van der Waals surface area contributed by atoms with Gasteiger partial charge in [0.25, 0.3) is 0 Å². The van der Waals surface area contributed by atoms with Crippen LogP contribution in [0.1, 0.15) is 117 Å². The number of unbranched alkanes of at least 4 members (excludes halogenated alkanes) is 11. The SMILES string of the molecule is CCCCCCCCCCCCC(C(=O)O)(C(=O)CCCCC)C(O)(CC(=O)O)C(=O)O. The zero-order valence-corrected chi connectivity index (χ0v) is 19.7. The molecule has 0 saturated heterocycles. The fraction of sp³-hybridized carbons (Fsp3) is 0.833. The van der Waals surface area contributed by atoms with Gasteiger partial charge in [0.05, 0.1) is 6.42 Å². The topological polar surface area (TPSA) is 149 Å². The molecule has 0 aromatic carbocycles. The Kier molecular flexibility index (Phi) is 14.8. The molecular formula is C24H42O8. The minimum Gasteiger partial charge on any atom is -0.481 e. The zero-order chi connectivity index (χ0) is 24.6. The van der Waals surface area contributed by atoms with Crippen molar-refractivity contribution >= 4 is 23.7 Å². The first-order chi connectivity index (χ1) is 15.1. The normalized spacial score (nSPS) is 15.0. The summed E-state index contributed by atoms with van der Waals surface area (Å²) in [4.78, 5) is 48.5. The van der Waals surface area contributed by atoms with Crippen molar-refractivity contribution in [3.05, 3.63) is 0 Å². The molecule has 2 unspecified atom stereocenters. The van der Waals surface area contributed by atoms with Crippen molar-refractivity contribution in [2.24, 2.45) is 5.41 Å². The van der Waals surface area contributed by atoms with Gasteiger partial charge in [-0.15, -0.1) is 0 Å². The zero-order valence-electron chi connectivity index (χ0n) is 19.7. The van der Waals surface area contributed by atoms with Crippen molar-refractivity contribution < 1.29 is 39.6 Å². The van der Waals surface area contributed by atoms with Crippen molar-refractivity contribution in [2.45, 2.75) is 122 Å². The van der Waals surface area contributed by atoms with Gasteiger partial charge in [0.2, 0.25) is 0 Å². The second-order valence-corrected chi connectivity index (χ2v) is 8.76. The number of carboxylic acid groups (broad SMARTS) is 3. The number of carboxylic acids is 3. The Morgan fingerprint density at radius 1 is 0.625 bits per heavy atom. The maximum Gasteiger partial charge on any atom is 0.338 e. The molecule has 0 spiro atoms. The quantitative estimate of drug-likeness (QED) is 0.141. The number of hydrogen-bond acceptors (Lipinski definition) is 5. The molecule has 0 saturated carbocycles. The molecule has 0 rings (SSSR count). The summed E-state index contributed by atoms with van der Waals surface area (Å²) in [6.45, 7) is 4.06. The number of carbonyl (C=O) groups excluding carboxylic acids is 1. The van der Waals surface area contributed by atoms with Gasteiger partial charge in [-0.2, -0.15) is 0 Å². The average Bonchev–Trinajstić information content (AvgIpc) is 2.71. The Bertz CT molecular complexity index is 603. The third-order valence-electron chi connectivity index (χ3n) is 6.22. The predicted molar refractivity (Wildman–Crippen MR) is 121 cm³/mol. The number of ketones is 1. The molecule has 0 heterocycles. The third kappa shape index (κ3) is 8.88. The molecule has 0 aliphatic heterocycles. The number of rotatable bonds is 21. The third-order valence-corrected chi connectivity index (χ3v) is 6.22. The van der Waals surface area contributed by atoms with Gasteiger partial charge >= 0.3 is 17.9 Å². The minimum atomic E-state index is -3.22. The van der Waals surface area contributed by atoms with E-state index >= 15 is 0 Å². The molecule has 0 aromatic rings. The summed E-state index contributed by atoms with van der Waals surface area (Å²) in [5.74, 6) is -6.37. The number of carbonyl (C=O) groups is 4. The Balaban J connectivity index is 5.33. The van der Waals surface area contributed by atoms with Crippen LogP contribution in [0.2, 0.25) is 0 Å². The molecule has 186 valence electrons. The van der Waals surface area contributed by atoms with Gasteiger partial charge < -0.3 is 20.4 Å². The van der Waals surface area contributed by atoms with Gasteiger partial charge in [0.15, 0.2) is 16.8 Å². The van der Waals surface area contributed by atoms with Crippen LogP contribution in [0.25, 0.3) is 0 Å². The van der Waals surface area contributed by atoms with Crippen LogP contribution in [-0.4, -0.2) is 49.7 Å². The summed E-state index contributed by atoms with van der Waals surface area (Å²) in [5, 5.41) is 39.6. The van der Waals surface area contributed by atoms with Gasteiger partial charge in [-0.05, 0) is 12.8 Å². The molecule has 0 fully saturated rings. The minimum absolute atomic E-state index is 0.215. The Morgan fingerprint density at radius 2 is 1.06 bits per heavy atom. The lowest BCUT2D eigenvalue weighted by Gasteiger charge is -2.39. The van der Waals surface area contributed by atoms with E-state index in [0.29, 0.717) is 19.3 Å². The molecule has 0 aliphatic rings. The Labute approximate surface area is 191 Å². The Morgan fingerprint density at radius 3 is 1.47 bits per heavy atom. The van der Waals surface area contributed by atoms with E-state index in [-0.39, 0.29) is 12.8 Å². The number of Topliss-reactive ketones (excluding diaryl/α,β-unsaturated/α-hetero) is 1. The molecule has 8 heteroatoms. The molecule has 4 N–H and O–H groups in total. The van der Waals surface area contributed by atoms with Crippen LogP contribution in [-0.2, 0) is 19.2 Å². The lowest BCUT2D eigenvalue weighted by atomic mass is 9.63. The smallest absolute Gasteiger partial charge is 0.338 e. The molecule has 0 bridgehead atoms. The van der Waals surface area contributed by atoms with Crippen molar-refractivity contribution in [3.63, 3.8) is 0 Å². The van der Waals surface area contributed by atoms with E-state index in [1.807, 2.05) is 6.92 Å². The lowest BCUT2D eigenvalue weighted by Crippen LogP contribution is -2.63. The molecule has 0 radical (unpaired) electrons. The molecule has 8 nitrogen and oxygen atoms in total. The molecule has 0 aliphatic carbocycles. The van der Waals surface area contributed by atoms with Crippen molar-refractivity contribution in [2.75, 3.05) is 0 Å². The van der Waals surface area contributed by atoms with Crippen molar-refractivity contribution in [1.29, 1.82) is 0 Å². The number of hydrogen-bond donors (Lipinski definition) is 4. The first-order valence-electron chi connectivity index (χ1n) is 12.0. The van der Waals surface area contributed by atoms with Crippen LogP contribution in [0.15, 0.2) is 0 Å². The molecule has 0 aromatic heterocycles. The second kappa shape index (κ2) is 15.8. The van der Waals surface area contributed by atoms with Crippen LogP contribution < -0.4 is 0 Å². The highest BCUT2D eigenvalue weighted by Crippen LogP contribution is 2.43. The van der Waals surface area contributed by atoms with Gasteiger partial charge in [0.1, 0.15) is 0 Å². The van der Waals surface area contributed by atoms with E-state index in [1.165, 1.54) is 25.7 Å². The Hall–Kier alpha value is -1.96. The predicted octanol–water partition coefficient (Wildman–Crippen LogP) is 4.81. The van der Waals surface area contributed by atoms with Gasteiger partial charge in [-0.1, -0.05) is 90.9 Å². The first-order valence-corrected chi connectivity index (χ1v) is 12.0. The second-order valence-electron chi connectivity index (χ2n) is 8.76. The standard InChI is InChI=1S/C24H42O8/c1-3-5-7-8-9-10-11-12-13-15-17-23(21(28)29,19(25)16-14-6-4-2)24(32,22(30)31)18-20(26)27/h32H,3-18H2,1-2H3,(H,26,27)(H,28,29)(H,30,31). The van der Waals surface area contributed by atoms with E-state index in [0.717, 1.165) is 32.1 Å². The largest absolute Gasteiger partial charge is 0.481 e. The fourth-order valence-electron chi connectivity index (χ4n) is 4.23. The fourth-order valence-corrected chi connectivity index (χ4v) is 4.23. The number of aliphatic carboxylic acids is 3. The highest BCUT2D eigenvalue weighted by molar-refractivity contribution is 6.09. The van der Waals surface area contributed by atoms with E-state index in [4.69, 9.17) is 5.11 Å². The summed E-state index contributed by atoms with van der Waals surface area (Å²) >= 11 is 0. The summed E-state index contributed by atoms with van der Waals surface area (Å²) in [5.41, 5.74) is -5.90. The average molecular weight is 459 g/mol. The highest BCUT2D eigenvalue weighted by atomic mass is 16.4. The van der Waals surface area contributed by atoms with E-state index < -0.39 is 47.5 Å². The molecule has 2 atom stereocenters. The molecular weight excluding hydrogens is 416 g/mol. The summed E-state index contributed by atoms with van der Waals surface area (Å²) in [7, 11) is 0. The van der Waals surface area contributed by atoms with E-state index in [1.54, 1.807) is 0 Å². The van der Waals surface area contributed by atoms with E-state index in [9.17, 15) is 34.5 Å². The van der Waals surface area contributed by atoms with Gasteiger partial charge in [0, 0.05) is 6.42 Å². The summed E-state index contributed by atoms with van der Waals surface area (Å²) in [6.07, 6.45) is 9.35. The number of aliphatic hydroxyl groups is 1. The van der Waals surface area contributed by atoms with E-state index in [2.05, 4.69) is 6.92 Å². The van der Waals surface area contributed by atoms with Gasteiger partial charge in [-0.25, -0.2) is 4.79 Å². The van der Waals surface area contributed by atoms with Crippen molar-refractivity contribution in [3.8, 4) is 0 Å². The van der Waals surface area contributed by atoms with Crippen LogP contribution in [0.5, 0.6) is 0 Å². The summed E-state index contributed by atoms with van der Waals surface area (Å²) < 4.78 is 0. The van der Waals surface area contributed by atoms with Gasteiger partial charge in [-0.3, -0.25) is 14.4 Å². The van der Waals surface area contributed by atoms with Crippen LogP contribution in [0.3, 0.4) is 0 Å². The summed E-state index contributed by atoms with van der Waals surface area (Å²) in [6, 6.07) is 0. The lowest BCUT2D eigenvalue weighted by molar-refractivity contribution is -0.196. The van der Waals surface area contributed by atoms with Crippen molar-refractivity contribution in [1.82, 2.24) is 0 Å². The maximum atomic E-state index is 13.0. The molecule has 0 amide bonds. The van der Waals surface area contributed by atoms with Crippen LogP contribution in [0.4, 0.5) is 0 Å². The molecule has 32 heavy (non-hydrogen) atoms. The van der Waals surface area contributed by atoms with Crippen LogP contribution >= 0.6 is 0 Å². The monoisotopic (exact) mass is 458 g/mol. The first kappa shape index (κ1) is 30.0.